The van der Waals surface area contributed by atoms with Crippen LogP contribution in [0.2, 0.25) is 0 Å². The van der Waals surface area contributed by atoms with E-state index in [0.717, 1.165) is 19.3 Å². The Morgan fingerprint density at radius 3 is 2.67 bits per heavy atom. The van der Waals surface area contributed by atoms with Crippen LogP contribution in [0.5, 0.6) is 0 Å². The third kappa shape index (κ3) is 1.84. The molecule has 2 aliphatic rings. The van der Waals surface area contributed by atoms with Crippen LogP contribution in [0, 0.1) is 0 Å². The van der Waals surface area contributed by atoms with Gasteiger partial charge in [-0.15, -0.1) is 0 Å². The van der Waals surface area contributed by atoms with E-state index in [2.05, 4.69) is 31.2 Å². The smallest absolute Gasteiger partial charge is 0.223 e. The molecule has 1 aliphatic heterocycles. The van der Waals surface area contributed by atoms with Gasteiger partial charge in [-0.3, -0.25) is 5.21 Å². The quantitative estimate of drug-likeness (QED) is 0.545. The zero-order chi connectivity index (χ0) is 12.6. The molecule has 96 valence electrons. The molecule has 1 aliphatic carbocycles. The Morgan fingerprint density at radius 2 is 1.89 bits per heavy atom. The van der Waals surface area contributed by atoms with Gasteiger partial charge in [0.2, 0.25) is 11.8 Å². The van der Waals surface area contributed by atoms with E-state index >= 15 is 0 Å². The third-order valence-corrected chi connectivity index (χ3v) is 4.74. The molecule has 1 heterocycles. The molecule has 1 atom stereocenters. The van der Waals surface area contributed by atoms with Gasteiger partial charge in [0.15, 0.2) is 0 Å². The van der Waals surface area contributed by atoms with Gasteiger partial charge < -0.3 is 0 Å². The van der Waals surface area contributed by atoms with Crippen LogP contribution < -0.4 is 0 Å². The second kappa shape index (κ2) is 4.42. The summed E-state index contributed by atoms with van der Waals surface area (Å²) in [6, 6.07) is 8.46. The number of hydrogen-bond donors (Lipinski definition) is 1. The molecule has 18 heavy (non-hydrogen) atoms. The van der Waals surface area contributed by atoms with Crippen LogP contribution in [0.25, 0.3) is 0 Å². The van der Waals surface area contributed by atoms with Gasteiger partial charge >= 0.3 is 0 Å². The van der Waals surface area contributed by atoms with Crippen molar-refractivity contribution in [2.24, 2.45) is 0 Å². The minimum Gasteiger partial charge on any atom is -0.290 e. The van der Waals surface area contributed by atoms with Crippen LogP contribution in [0.15, 0.2) is 24.3 Å². The molecular weight excluding hydrogens is 222 g/mol. The van der Waals surface area contributed by atoms with Crippen LogP contribution in [0.4, 0.5) is 0 Å². The summed E-state index contributed by atoms with van der Waals surface area (Å²) in [7, 11) is 0. The average Bonchev–Trinajstić information content (AvgIpc) is 2.48. The molecule has 0 saturated heterocycles. The standard InChI is InChI=1S/C16H22NO/c1-13-11-16(9-5-2-6-10-16)17(18)12-14-7-3-4-8-15(13)14/h3-4,7-8,12-13,18H,2,5-6,9-11H2,1H3/q+1. The highest BCUT2D eigenvalue weighted by Crippen LogP contribution is 2.40. The van der Waals surface area contributed by atoms with E-state index in [0.29, 0.717) is 5.92 Å². The minimum atomic E-state index is -0.0172. The fraction of sp³-hybridized carbons (Fsp3) is 0.562. The maximum absolute atomic E-state index is 10.5. The van der Waals surface area contributed by atoms with Crippen LogP contribution in [0.1, 0.15) is 62.5 Å². The number of hydrogen-bond acceptors (Lipinski definition) is 1. The second-order valence-corrected chi connectivity index (χ2v) is 5.99. The summed E-state index contributed by atoms with van der Waals surface area (Å²) in [6.07, 6.45) is 9.07. The van der Waals surface area contributed by atoms with E-state index in [1.54, 1.807) is 0 Å². The highest BCUT2D eigenvalue weighted by molar-refractivity contribution is 5.78. The van der Waals surface area contributed by atoms with Crippen molar-refractivity contribution in [1.82, 2.24) is 0 Å². The number of rotatable bonds is 0. The molecule has 1 aromatic rings. The fourth-order valence-corrected chi connectivity index (χ4v) is 3.76. The molecule has 2 heteroatoms. The van der Waals surface area contributed by atoms with Gasteiger partial charge in [0.05, 0.1) is 0 Å². The topological polar surface area (TPSA) is 23.2 Å². The Hall–Kier alpha value is -1.31. The normalized spacial score (nSPS) is 26.3. The van der Waals surface area contributed by atoms with Crippen molar-refractivity contribution in [2.45, 2.75) is 56.9 Å². The summed E-state index contributed by atoms with van der Waals surface area (Å²) >= 11 is 0. The Bertz CT molecular complexity index is 472. The highest BCUT2D eigenvalue weighted by atomic mass is 16.5. The fourth-order valence-electron chi connectivity index (χ4n) is 3.76. The van der Waals surface area contributed by atoms with Crippen LogP contribution >= 0.6 is 0 Å². The van der Waals surface area contributed by atoms with Gasteiger partial charge in [0, 0.05) is 24.8 Å². The van der Waals surface area contributed by atoms with Crippen molar-refractivity contribution in [3.63, 3.8) is 0 Å². The molecule has 1 N–H and O–H groups in total. The van der Waals surface area contributed by atoms with Crippen molar-refractivity contribution < 1.29 is 9.95 Å². The van der Waals surface area contributed by atoms with E-state index in [1.165, 1.54) is 35.1 Å². The lowest BCUT2D eigenvalue weighted by molar-refractivity contribution is -0.826. The van der Waals surface area contributed by atoms with Crippen LogP contribution in [-0.4, -0.2) is 21.7 Å². The van der Waals surface area contributed by atoms with Gasteiger partial charge in [0.1, 0.15) is 0 Å². The molecule has 2 nitrogen and oxygen atoms in total. The summed E-state index contributed by atoms with van der Waals surface area (Å²) in [5, 5.41) is 10.5. The van der Waals surface area contributed by atoms with Gasteiger partial charge in [-0.25, -0.2) is 0 Å². The lowest BCUT2D eigenvalue weighted by Gasteiger charge is -2.31. The Morgan fingerprint density at radius 1 is 1.17 bits per heavy atom. The predicted octanol–water partition coefficient (Wildman–Crippen LogP) is 3.72. The summed E-state index contributed by atoms with van der Waals surface area (Å²) in [6.45, 7) is 2.29. The Kier molecular flexibility index (Phi) is 2.89. The molecule has 0 amide bonds. The van der Waals surface area contributed by atoms with E-state index in [9.17, 15) is 5.21 Å². The summed E-state index contributed by atoms with van der Waals surface area (Å²) < 4.78 is 1.54. The van der Waals surface area contributed by atoms with E-state index < -0.39 is 0 Å². The van der Waals surface area contributed by atoms with Gasteiger partial charge in [-0.05, 0) is 35.1 Å². The number of benzene rings is 1. The van der Waals surface area contributed by atoms with Gasteiger partial charge in [0.25, 0.3) is 0 Å². The highest BCUT2D eigenvalue weighted by Gasteiger charge is 2.46. The monoisotopic (exact) mass is 244 g/mol. The maximum atomic E-state index is 10.5. The lowest BCUT2D eigenvalue weighted by Crippen LogP contribution is -2.43. The summed E-state index contributed by atoms with van der Waals surface area (Å²) in [4.78, 5) is 0. The van der Waals surface area contributed by atoms with E-state index in [4.69, 9.17) is 0 Å². The first-order chi connectivity index (χ1) is 8.71. The molecule has 1 aromatic carbocycles. The second-order valence-electron chi connectivity index (χ2n) is 5.99. The van der Waals surface area contributed by atoms with Crippen LogP contribution in [0.3, 0.4) is 0 Å². The van der Waals surface area contributed by atoms with Crippen molar-refractivity contribution >= 4 is 6.21 Å². The van der Waals surface area contributed by atoms with Crippen molar-refractivity contribution in [1.29, 1.82) is 0 Å². The van der Waals surface area contributed by atoms with Gasteiger partial charge in [-0.1, -0.05) is 31.5 Å². The van der Waals surface area contributed by atoms with Crippen LogP contribution in [-0.2, 0) is 0 Å². The van der Waals surface area contributed by atoms with Crippen molar-refractivity contribution in [2.75, 3.05) is 0 Å². The lowest BCUT2D eigenvalue weighted by atomic mass is 9.75. The molecule has 1 unspecified atom stereocenters. The van der Waals surface area contributed by atoms with Crippen molar-refractivity contribution in [3.8, 4) is 0 Å². The average molecular weight is 244 g/mol. The SMILES string of the molecule is CC1CC2(CCCCC2)[N+](O)=Cc2ccccc21. The Labute approximate surface area is 109 Å². The number of fused-ring (bicyclic) bond motifs is 1. The van der Waals surface area contributed by atoms with E-state index in [-0.39, 0.29) is 5.54 Å². The molecule has 1 fully saturated rings. The Balaban J connectivity index is 2.04. The zero-order valence-electron chi connectivity index (χ0n) is 11.1. The van der Waals surface area contributed by atoms with Gasteiger partial charge in [-0.2, -0.15) is 0 Å². The predicted molar refractivity (Wildman–Crippen MR) is 72.5 cm³/mol. The zero-order valence-corrected chi connectivity index (χ0v) is 11.1. The molecule has 0 radical (unpaired) electrons. The number of hydroxylamine groups is 1. The first-order valence-corrected chi connectivity index (χ1v) is 7.13. The summed E-state index contributed by atoms with van der Waals surface area (Å²) in [5.41, 5.74) is 2.53. The molecular formula is C16H22NO+. The maximum Gasteiger partial charge on any atom is 0.223 e. The third-order valence-electron chi connectivity index (χ3n) is 4.74. The number of nitrogens with zero attached hydrogens (tertiary/aromatic N) is 1. The molecule has 3 rings (SSSR count). The molecule has 1 spiro atoms. The molecule has 0 bridgehead atoms. The van der Waals surface area contributed by atoms with Crippen molar-refractivity contribution in [3.05, 3.63) is 35.4 Å². The largest absolute Gasteiger partial charge is 0.290 e. The molecule has 0 aromatic heterocycles. The first-order valence-electron chi connectivity index (χ1n) is 7.13. The summed E-state index contributed by atoms with van der Waals surface area (Å²) in [5.74, 6) is 0.521. The van der Waals surface area contributed by atoms with E-state index in [1.807, 2.05) is 6.21 Å². The minimum absolute atomic E-state index is 0.0172. The molecule has 1 saturated carbocycles. The first kappa shape index (κ1) is 11.8.